The number of aliphatic imine (C=N–C) groups is 1. The largest absolute Gasteiger partial charge is 0.496 e. The second-order valence-electron chi connectivity index (χ2n) is 3.60. The molecule has 0 amide bonds. The van der Waals surface area contributed by atoms with Crippen molar-refractivity contribution in [3.63, 3.8) is 0 Å². The molecule has 2 rings (SSSR count). The monoisotopic (exact) mass is 253 g/mol. The van der Waals surface area contributed by atoms with Crippen molar-refractivity contribution in [2.75, 3.05) is 19.4 Å². The van der Waals surface area contributed by atoms with Gasteiger partial charge in [-0.25, -0.2) is 0 Å². The highest BCUT2D eigenvalue weighted by molar-refractivity contribution is 8.38. The van der Waals surface area contributed by atoms with Gasteiger partial charge in [0.15, 0.2) is 0 Å². The minimum atomic E-state index is 0.941. The standard InChI is InChI=1S/C12H15NOS2/c1-9-3-4-11(14-2)10(7-9)8-16-12-13-5-6-15-12/h3-4,7H,5-6,8H2,1-2H3. The molecule has 16 heavy (non-hydrogen) atoms. The summed E-state index contributed by atoms with van der Waals surface area (Å²) in [5.41, 5.74) is 2.53. The van der Waals surface area contributed by atoms with E-state index in [1.165, 1.54) is 15.5 Å². The van der Waals surface area contributed by atoms with E-state index < -0.39 is 0 Å². The molecule has 1 heterocycles. The lowest BCUT2D eigenvalue weighted by atomic mass is 10.1. The Kier molecular flexibility index (Phi) is 4.18. The summed E-state index contributed by atoms with van der Waals surface area (Å²) in [6, 6.07) is 6.30. The van der Waals surface area contributed by atoms with Crippen LogP contribution < -0.4 is 4.74 Å². The van der Waals surface area contributed by atoms with Crippen molar-refractivity contribution in [3.8, 4) is 5.75 Å². The minimum Gasteiger partial charge on any atom is -0.496 e. The Morgan fingerprint density at radius 1 is 1.50 bits per heavy atom. The third-order valence-electron chi connectivity index (χ3n) is 2.34. The van der Waals surface area contributed by atoms with Gasteiger partial charge in [0.25, 0.3) is 0 Å². The van der Waals surface area contributed by atoms with E-state index in [0.29, 0.717) is 0 Å². The SMILES string of the molecule is COc1ccc(C)cc1CSC1=NCCS1. The fourth-order valence-corrected chi connectivity index (χ4v) is 3.55. The molecule has 86 valence electrons. The predicted molar refractivity (Wildman–Crippen MR) is 73.8 cm³/mol. The maximum Gasteiger partial charge on any atom is 0.124 e. The number of aryl methyl sites for hydroxylation is 1. The van der Waals surface area contributed by atoms with Crippen molar-refractivity contribution in [2.45, 2.75) is 12.7 Å². The van der Waals surface area contributed by atoms with Crippen molar-refractivity contribution in [3.05, 3.63) is 29.3 Å². The minimum absolute atomic E-state index is 0.941. The number of hydrogen-bond acceptors (Lipinski definition) is 4. The summed E-state index contributed by atoms with van der Waals surface area (Å²) >= 11 is 3.66. The lowest BCUT2D eigenvalue weighted by molar-refractivity contribution is 0.411. The first kappa shape index (κ1) is 11.9. The molecule has 0 atom stereocenters. The summed E-state index contributed by atoms with van der Waals surface area (Å²) in [5, 5.41) is 0. The van der Waals surface area contributed by atoms with Crippen LogP contribution in [0.15, 0.2) is 23.2 Å². The quantitative estimate of drug-likeness (QED) is 0.824. The lowest BCUT2D eigenvalue weighted by Crippen LogP contribution is -1.92. The summed E-state index contributed by atoms with van der Waals surface area (Å²) < 4.78 is 6.57. The molecule has 1 aliphatic heterocycles. The number of thioether (sulfide) groups is 2. The van der Waals surface area contributed by atoms with E-state index in [1.807, 2.05) is 29.6 Å². The average molecular weight is 253 g/mol. The van der Waals surface area contributed by atoms with E-state index >= 15 is 0 Å². The van der Waals surface area contributed by atoms with E-state index in [4.69, 9.17) is 4.74 Å². The van der Waals surface area contributed by atoms with Gasteiger partial charge in [-0.2, -0.15) is 0 Å². The molecule has 0 spiro atoms. The van der Waals surface area contributed by atoms with Gasteiger partial charge in [-0.15, -0.1) is 0 Å². The number of benzene rings is 1. The number of ether oxygens (including phenoxy) is 1. The molecule has 1 aromatic carbocycles. The van der Waals surface area contributed by atoms with Gasteiger partial charge in [-0.3, -0.25) is 4.99 Å². The van der Waals surface area contributed by atoms with Crippen molar-refractivity contribution < 1.29 is 4.74 Å². The van der Waals surface area contributed by atoms with Gasteiger partial charge in [0.2, 0.25) is 0 Å². The number of nitrogens with zero attached hydrogens (tertiary/aromatic N) is 1. The van der Waals surface area contributed by atoms with Crippen LogP contribution in [0.3, 0.4) is 0 Å². The highest BCUT2D eigenvalue weighted by Crippen LogP contribution is 2.29. The first-order chi connectivity index (χ1) is 7.79. The van der Waals surface area contributed by atoms with Crippen molar-refractivity contribution in [1.82, 2.24) is 0 Å². The number of rotatable bonds is 3. The van der Waals surface area contributed by atoms with Gasteiger partial charge in [0, 0.05) is 17.1 Å². The first-order valence-corrected chi connectivity index (χ1v) is 7.20. The molecule has 1 aliphatic rings. The molecule has 0 saturated heterocycles. The first-order valence-electron chi connectivity index (χ1n) is 5.23. The Bertz CT molecular complexity index is 404. The molecule has 4 heteroatoms. The fourth-order valence-electron chi connectivity index (χ4n) is 1.56. The second kappa shape index (κ2) is 5.64. The summed E-state index contributed by atoms with van der Waals surface area (Å²) in [5.74, 6) is 3.05. The summed E-state index contributed by atoms with van der Waals surface area (Å²) in [4.78, 5) is 4.43. The van der Waals surface area contributed by atoms with Gasteiger partial charge in [0.1, 0.15) is 10.1 Å². The Morgan fingerprint density at radius 2 is 2.38 bits per heavy atom. The predicted octanol–water partition coefficient (Wildman–Crippen LogP) is 3.34. The van der Waals surface area contributed by atoms with Gasteiger partial charge in [-0.1, -0.05) is 41.2 Å². The molecular formula is C12H15NOS2. The van der Waals surface area contributed by atoms with Crippen LogP contribution in [-0.2, 0) is 5.75 Å². The third kappa shape index (κ3) is 2.95. The van der Waals surface area contributed by atoms with Gasteiger partial charge in [-0.05, 0) is 13.0 Å². The summed E-state index contributed by atoms with van der Waals surface area (Å²) in [6.07, 6.45) is 0. The van der Waals surface area contributed by atoms with Crippen LogP contribution >= 0.6 is 23.5 Å². The van der Waals surface area contributed by atoms with Crippen molar-refractivity contribution in [2.24, 2.45) is 4.99 Å². The van der Waals surface area contributed by atoms with Crippen LogP contribution in [-0.4, -0.2) is 23.8 Å². The van der Waals surface area contributed by atoms with Crippen LogP contribution in [0.4, 0.5) is 0 Å². The fraction of sp³-hybridized carbons (Fsp3) is 0.417. The molecular weight excluding hydrogens is 238 g/mol. The van der Waals surface area contributed by atoms with Crippen molar-refractivity contribution >= 4 is 27.9 Å². The van der Waals surface area contributed by atoms with E-state index in [1.54, 1.807) is 7.11 Å². The van der Waals surface area contributed by atoms with E-state index in [-0.39, 0.29) is 0 Å². The van der Waals surface area contributed by atoms with E-state index in [0.717, 1.165) is 23.8 Å². The highest BCUT2D eigenvalue weighted by Gasteiger charge is 2.10. The van der Waals surface area contributed by atoms with Gasteiger partial charge in [0.05, 0.1) is 13.7 Å². The van der Waals surface area contributed by atoms with Crippen LogP contribution in [0, 0.1) is 6.92 Å². The van der Waals surface area contributed by atoms with Gasteiger partial charge < -0.3 is 4.74 Å². The van der Waals surface area contributed by atoms with Gasteiger partial charge >= 0.3 is 0 Å². The number of methoxy groups -OCH3 is 1. The molecule has 0 fully saturated rings. The average Bonchev–Trinajstić information content (AvgIpc) is 2.79. The normalized spacial score (nSPS) is 15.0. The maximum absolute atomic E-state index is 5.36. The second-order valence-corrected chi connectivity index (χ2v) is 5.91. The molecule has 1 aromatic rings. The summed E-state index contributed by atoms with van der Waals surface area (Å²) in [6.45, 7) is 3.08. The maximum atomic E-state index is 5.36. The third-order valence-corrected chi connectivity index (χ3v) is 4.65. The zero-order valence-electron chi connectivity index (χ0n) is 9.53. The Balaban J connectivity index is 2.04. The Labute approximate surface area is 105 Å². The molecule has 0 saturated carbocycles. The van der Waals surface area contributed by atoms with E-state index in [2.05, 4.69) is 24.0 Å². The Hall–Kier alpha value is -0.610. The van der Waals surface area contributed by atoms with Crippen LogP contribution in [0.2, 0.25) is 0 Å². The summed E-state index contributed by atoms with van der Waals surface area (Å²) in [7, 11) is 1.72. The van der Waals surface area contributed by atoms with Crippen molar-refractivity contribution in [1.29, 1.82) is 0 Å². The highest BCUT2D eigenvalue weighted by atomic mass is 32.2. The zero-order valence-corrected chi connectivity index (χ0v) is 11.2. The lowest BCUT2D eigenvalue weighted by Gasteiger charge is -2.08. The topological polar surface area (TPSA) is 21.6 Å². The molecule has 0 aromatic heterocycles. The molecule has 0 unspecified atom stereocenters. The molecule has 0 bridgehead atoms. The molecule has 2 nitrogen and oxygen atoms in total. The molecule has 0 N–H and O–H groups in total. The van der Waals surface area contributed by atoms with Crippen LogP contribution in [0.1, 0.15) is 11.1 Å². The zero-order chi connectivity index (χ0) is 11.4. The molecule has 0 radical (unpaired) electrons. The molecule has 0 aliphatic carbocycles. The van der Waals surface area contributed by atoms with Crippen LogP contribution in [0.25, 0.3) is 0 Å². The smallest absolute Gasteiger partial charge is 0.124 e. The van der Waals surface area contributed by atoms with E-state index in [9.17, 15) is 0 Å². The van der Waals surface area contributed by atoms with Crippen LogP contribution in [0.5, 0.6) is 5.75 Å². The Morgan fingerprint density at radius 3 is 3.06 bits per heavy atom. The number of hydrogen-bond donors (Lipinski definition) is 0.